The van der Waals surface area contributed by atoms with Crippen molar-refractivity contribution >= 4 is 9.84 Å². The largest absolute Gasteiger partial charge is 0.373 e. The van der Waals surface area contributed by atoms with Gasteiger partial charge in [0.1, 0.15) is 0 Å². The molecule has 1 aliphatic carbocycles. The van der Waals surface area contributed by atoms with E-state index in [9.17, 15) is 8.42 Å². The molecule has 4 heteroatoms. The first-order chi connectivity index (χ1) is 5.66. The molecule has 1 fully saturated rings. The smallest absolute Gasteiger partial charge is 0.174 e. The zero-order valence-corrected chi connectivity index (χ0v) is 7.59. The van der Waals surface area contributed by atoms with Crippen LogP contribution in [0.3, 0.4) is 0 Å². The molecule has 0 aromatic heterocycles. The summed E-state index contributed by atoms with van der Waals surface area (Å²) in [7, 11) is -2.93. The Morgan fingerprint density at radius 1 is 1.42 bits per heavy atom. The molecule has 1 unspecified atom stereocenters. The number of hydrogen-bond acceptors (Lipinski definition) is 3. The summed E-state index contributed by atoms with van der Waals surface area (Å²) >= 11 is 0. The topological polar surface area (TPSA) is 43.4 Å². The molecule has 1 heterocycles. The number of rotatable bonds is 3. The van der Waals surface area contributed by atoms with Crippen molar-refractivity contribution < 1.29 is 13.2 Å². The van der Waals surface area contributed by atoms with Crippen molar-refractivity contribution in [2.24, 2.45) is 5.92 Å². The van der Waals surface area contributed by atoms with Gasteiger partial charge in [0.2, 0.25) is 0 Å². The highest BCUT2D eigenvalue weighted by Crippen LogP contribution is 2.29. The van der Waals surface area contributed by atoms with Crippen LogP contribution in [0.4, 0.5) is 0 Å². The van der Waals surface area contributed by atoms with Crippen molar-refractivity contribution in [3.05, 3.63) is 11.5 Å². The first-order valence-electron chi connectivity index (χ1n) is 4.18. The van der Waals surface area contributed by atoms with Crippen LogP contribution in [-0.2, 0) is 14.6 Å². The maximum absolute atomic E-state index is 10.9. The molecule has 0 aromatic rings. The molecule has 12 heavy (non-hydrogen) atoms. The first-order valence-corrected chi connectivity index (χ1v) is 5.90. The molecule has 1 aliphatic heterocycles. The molecule has 0 aromatic carbocycles. The van der Waals surface area contributed by atoms with Crippen LogP contribution in [0.1, 0.15) is 12.8 Å². The van der Waals surface area contributed by atoms with E-state index in [1.165, 1.54) is 18.2 Å². The molecule has 0 saturated heterocycles. The Bertz CT molecular complexity index is 287. The highest BCUT2D eigenvalue weighted by molar-refractivity contribution is 7.94. The maximum Gasteiger partial charge on any atom is 0.174 e. The third kappa shape index (κ3) is 2.08. The molecule has 2 aliphatic rings. The lowest BCUT2D eigenvalue weighted by Gasteiger charge is -2.07. The van der Waals surface area contributed by atoms with Gasteiger partial charge >= 0.3 is 0 Å². The minimum atomic E-state index is -2.93. The minimum Gasteiger partial charge on any atom is -0.373 e. The normalized spacial score (nSPS) is 32.5. The summed E-state index contributed by atoms with van der Waals surface area (Å²) in [4.78, 5) is 0. The zero-order valence-electron chi connectivity index (χ0n) is 6.77. The highest BCUT2D eigenvalue weighted by atomic mass is 32.2. The van der Waals surface area contributed by atoms with Crippen LogP contribution < -0.4 is 0 Å². The summed E-state index contributed by atoms with van der Waals surface area (Å²) in [6, 6.07) is 0. The first kappa shape index (κ1) is 8.26. The van der Waals surface area contributed by atoms with Crippen molar-refractivity contribution in [2.45, 2.75) is 18.9 Å². The third-order valence-corrected chi connectivity index (χ3v) is 3.51. The van der Waals surface area contributed by atoms with Crippen LogP contribution in [0.2, 0.25) is 0 Å². The molecule has 0 bridgehead atoms. The van der Waals surface area contributed by atoms with Crippen LogP contribution in [0.25, 0.3) is 0 Å². The highest BCUT2D eigenvalue weighted by Gasteiger charge is 2.26. The SMILES string of the molecule is O=S1(=O)C=CC(OCC2CC2)C1. The predicted molar refractivity (Wildman–Crippen MR) is 45.4 cm³/mol. The fourth-order valence-corrected chi connectivity index (χ4v) is 2.39. The molecule has 2 rings (SSSR count). The molecule has 0 N–H and O–H groups in total. The number of sulfone groups is 1. The van der Waals surface area contributed by atoms with Crippen molar-refractivity contribution in [3.63, 3.8) is 0 Å². The van der Waals surface area contributed by atoms with Crippen molar-refractivity contribution in [2.75, 3.05) is 12.4 Å². The molecular formula is C8H12O3S. The molecule has 3 nitrogen and oxygen atoms in total. The summed E-state index contributed by atoms with van der Waals surface area (Å²) in [5.41, 5.74) is 0. The molecule has 1 saturated carbocycles. The molecule has 0 radical (unpaired) electrons. The van der Waals surface area contributed by atoms with Gasteiger partial charge in [0.15, 0.2) is 9.84 Å². The van der Waals surface area contributed by atoms with E-state index in [2.05, 4.69) is 0 Å². The Morgan fingerprint density at radius 3 is 2.67 bits per heavy atom. The standard InChI is InChI=1S/C8H12O3S/c9-12(10)4-3-8(6-12)11-5-7-1-2-7/h3-4,7-8H,1-2,5-6H2. The summed E-state index contributed by atoms with van der Waals surface area (Å²) in [5, 5.41) is 1.25. The summed E-state index contributed by atoms with van der Waals surface area (Å²) in [5.74, 6) is 0.835. The van der Waals surface area contributed by atoms with Gasteiger partial charge in [0.25, 0.3) is 0 Å². The van der Waals surface area contributed by atoms with E-state index in [0.717, 1.165) is 6.61 Å². The fraction of sp³-hybridized carbons (Fsp3) is 0.750. The Kier molecular flexibility index (Phi) is 1.96. The van der Waals surface area contributed by atoms with E-state index in [4.69, 9.17) is 4.74 Å². The van der Waals surface area contributed by atoms with Gasteiger partial charge in [-0.1, -0.05) is 0 Å². The summed E-state index contributed by atoms with van der Waals surface area (Å²) in [6.07, 6.45) is 3.93. The van der Waals surface area contributed by atoms with Crippen molar-refractivity contribution in [3.8, 4) is 0 Å². The van der Waals surface area contributed by atoms with Crippen LogP contribution in [0, 0.1) is 5.92 Å². The van der Waals surface area contributed by atoms with Crippen LogP contribution in [0.15, 0.2) is 11.5 Å². The molecule has 1 atom stereocenters. The van der Waals surface area contributed by atoms with E-state index in [1.807, 2.05) is 0 Å². The Labute approximate surface area is 72.3 Å². The van der Waals surface area contributed by atoms with E-state index < -0.39 is 9.84 Å². The average molecular weight is 188 g/mol. The molecule has 0 spiro atoms. The van der Waals surface area contributed by atoms with Gasteiger partial charge in [-0.2, -0.15) is 0 Å². The van der Waals surface area contributed by atoms with E-state index in [1.54, 1.807) is 6.08 Å². The molecule has 68 valence electrons. The summed E-state index contributed by atoms with van der Waals surface area (Å²) in [6.45, 7) is 0.727. The minimum absolute atomic E-state index is 0.139. The van der Waals surface area contributed by atoms with Gasteiger partial charge < -0.3 is 4.74 Å². The van der Waals surface area contributed by atoms with Crippen LogP contribution in [0.5, 0.6) is 0 Å². The maximum atomic E-state index is 10.9. The fourth-order valence-electron chi connectivity index (χ4n) is 1.20. The van der Waals surface area contributed by atoms with Crippen LogP contribution >= 0.6 is 0 Å². The Balaban J connectivity index is 1.80. The summed E-state index contributed by atoms with van der Waals surface area (Å²) < 4.78 is 27.3. The second kappa shape index (κ2) is 2.85. The lowest BCUT2D eigenvalue weighted by molar-refractivity contribution is 0.0922. The lowest BCUT2D eigenvalue weighted by atomic mass is 10.4. The van der Waals surface area contributed by atoms with Gasteiger partial charge in [0.05, 0.1) is 18.5 Å². The second-order valence-corrected chi connectivity index (χ2v) is 5.40. The number of ether oxygens (including phenoxy) is 1. The van der Waals surface area contributed by atoms with E-state index in [-0.39, 0.29) is 11.9 Å². The zero-order chi connectivity index (χ0) is 8.60. The molecular weight excluding hydrogens is 176 g/mol. The van der Waals surface area contributed by atoms with Crippen molar-refractivity contribution in [1.82, 2.24) is 0 Å². The van der Waals surface area contributed by atoms with Gasteiger partial charge in [-0.05, 0) is 24.8 Å². The third-order valence-electron chi connectivity index (χ3n) is 2.14. The monoisotopic (exact) mass is 188 g/mol. The quantitative estimate of drug-likeness (QED) is 0.655. The van der Waals surface area contributed by atoms with Crippen molar-refractivity contribution in [1.29, 1.82) is 0 Å². The van der Waals surface area contributed by atoms with Gasteiger partial charge in [-0.15, -0.1) is 0 Å². The van der Waals surface area contributed by atoms with Crippen LogP contribution in [-0.4, -0.2) is 26.9 Å². The average Bonchev–Trinajstić information content (AvgIpc) is 2.74. The Morgan fingerprint density at radius 2 is 2.17 bits per heavy atom. The Hall–Kier alpha value is -0.350. The molecule has 0 amide bonds. The van der Waals surface area contributed by atoms with Gasteiger partial charge in [0, 0.05) is 5.41 Å². The van der Waals surface area contributed by atoms with Gasteiger partial charge in [-0.3, -0.25) is 0 Å². The second-order valence-electron chi connectivity index (χ2n) is 3.47. The lowest BCUT2D eigenvalue weighted by Crippen LogP contribution is -2.16. The predicted octanol–water partition coefficient (Wildman–Crippen LogP) is 0.724. The van der Waals surface area contributed by atoms with E-state index in [0.29, 0.717) is 5.92 Å². The number of hydrogen-bond donors (Lipinski definition) is 0. The van der Waals surface area contributed by atoms with E-state index >= 15 is 0 Å². The van der Waals surface area contributed by atoms with Gasteiger partial charge in [-0.25, -0.2) is 8.42 Å².